The van der Waals surface area contributed by atoms with Gasteiger partial charge in [0.2, 0.25) is 12.7 Å². The van der Waals surface area contributed by atoms with Crippen molar-refractivity contribution in [2.24, 2.45) is 5.73 Å². The summed E-state index contributed by atoms with van der Waals surface area (Å²) in [5.41, 5.74) is 7.11. The third-order valence-electron chi connectivity index (χ3n) is 4.23. The maximum absolute atomic E-state index is 12.5. The fourth-order valence-corrected chi connectivity index (χ4v) is 3.14. The lowest BCUT2D eigenvalue weighted by atomic mass is 10.0. The van der Waals surface area contributed by atoms with Crippen molar-refractivity contribution in [2.45, 2.75) is 44.7 Å². The second-order valence-electron chi connectivity index (χ2n) is 5.70. The Bertz CT molecular complexity index is 532. The van der Waals surface area contributed by atoms with Crippen LogP contribution in [0, 0.1) is 0 Å². The molecule has 2 atom stereocenters. The number of fused-ring (bicyclic) bond motifs is 1. The lowest BCUT2D eigenvalue weighted by molar-refractivity contribution is -0.133. The molecule has 5 heteroatoms. The first kappa shape index (κ1) is 14.2. The molecular formula is C16H22N2O3. The Labute approximate surface area is 125 Å². The Morgan fingerprint density at radius 1 is 1.43 bits per heavy atom. The lowest BCUT2D eigenvalue weighted by Crippen LogP contribution is -2.43. The van der Waals surface area contributed by atoms with Gasteiger partial charge in [-0.05, 0) is 37.0 Å². The van der Waals surface area contributed by atoms with Gasteiger partial charge in [0.15, 0.2) is 11.5 Å². The smallest absolute Gasteiger partial charge is 0.239 e. The highest BCUT2D eigenvalue weighted by molar-refractivity contribution is 5.82. The molecule has 1 amide bonds. The van der Waals surface area contributed by atoms with Crippen LogP contribution in [0.2, 0.25) is 0 Å². The van der Waals surface area contributed by atoms with E-state index >= 15 is 0 Å². The molecule has 2 aliphatic heterocycles. The van der Waals surface area contributed by atoms with E-state index in [2.05, 4.69) is 0 Å². The second-order valence-corrected chi connectivity index (χ2v) is 5.70. The van der Waals surface area contributed by atoms with Crippen LogP contribution in [0.1, 0.15) is 44.2 Å². The molecule has 0 aliphatic carbocycles. The van der Waals surface area contributed by atoms with Crippen molar-refractivity contribution < 1.29 is 14.3 Å². The fraction of sp³-hybridized carbons (Fsp3) is 0.562. The standard InChI is InChI=1S/C16H22N2O3/c1-2-4-12(17)16(19)18-8-3-5-13(18)11-6-7-14-15(9-11)21-10-20-14/h6-7,9,12-13H,2-5,8,10,17H2,1H3. The van der Waals surface area contributed by atoms with Crippen molar-refractivity contribution in [3.05, 3.63) is 23.8 Å². The van der Waals surface area contributed by atoms with Crippen LogP contribution in [-0.2, 0) is 4.79 Å². The van der Waals surface area contributed by atoms with Gasteiger partial charge >= 0.3 is 0 Å². The number of rotatable bonds is 4. The van der Waals surface area contributed by atoms with E-state index in [9.17, 15) is 4.79 Å². The van der Waals surface area contributed by atoms with Crippen LogP contribution in [-0.4, -0.2) is 30.2 Å². The van der Waals surface area contributed by atoms with Crippen LogP contribution in [0.25, 0.3) is 0 Å². The predicted molar refractivity (Wildman–Crippen MR) is 79.1 cm³/mol. The predicted octanol–water partition coefficient (Wildman–Crippen LogP) is 2.21. The first-order valence-corrected chi connectivity index (χ1v) is 7.66. The number of ether oxygens (including phenoxy) is 2. The molecule has 0 bridgehead atoms. The Morgan fingerprint density at radius 3 is 3.05 bits per heavy atom. The number of carbonyl (C=O) groups is 1. The average Bonchev–Trinajstić information content (AvgIpc) is 3.14. The summed E-state index contributed by atoms with van der Waals surface area (Å²) < 4.78 is 10.8. The molecule has 2 heterocycles. The summed E-state index contributed by atoms with van der Waals surface area (Å²) in [6.07, 6.45) is 3.66. The quantitative estimate of drug-likeness (QED) is 0.923. The third-order valence-corrected chi connectivity index (χ3v) is 4.23. The summed E-state index contributed by atoms with van der Waals surface area (Å²) in [4.78, 5) is 14.4. The minimum atomic E-state index is -0.385. The highest BCUT2D eigenvalue weighted by atomic mass is 16.7. The van der Waals surface area contributed by atoms with Gasteiger partial charge in [-0.15, -0.1) is 0 Å². The van der Waals surface area contributed by atoms with Crippen molar-refractivity contribution in [2.75, 3.05) is 13.3 Å². The highest BCUT2D eigenvalue weighted by Crippen LogP contribution is 2.39. The van der Waals surface area contributed by atoms with E-state index in [1.807, 2.05) is 30.0 Å². The van der Waals surface area contributed by atoms with Crippen LogP contribution in [0.4, 0.5) is 0 Å². The number of hydrogen-bond donors (Lipinski definition) is 1. The SMILES string of the molecule is CCCC(N)C(=O)N1CCCC1c1ccc2c(c1)OCO2. The monoisotopic (exact) mass is 290 g/mol. The molecule has 1 aromatic rings. The zero-order valence-electron chi connectivity index (χ0n) is 12.4. The first-order chi connectivity index (χ1) is 10.2. The summed E-state index contributed by atoms with van der Waals surface area (Å²) in [6.45, 7) is 3.11. The molecule has 0 spiro atoms. The molecule has 0 aromatic heterocycles. The van der Waals surface area contributed by atoms with Gasteiger partial charge in [-0.25, -0.2) is 0 Å². The Morgan fingerprint density at radius 2 is 2.24 bits per heavy atom. The molecule has 2 aliphatic rings. The van der Waals surface area contributed by atoms with Crippen molar-refractivity contribution in [3.63, 3.8) is 0 Å². The molecule has 1 aromatic carbocycles. The Hall–Kier alpha value is -1.75. The van der Waals surface area contributed by atoms with Gasteiger partial charge in [0.25, 0.3) is 0 Å². The van der Waals surface area contributed by atoms with Gasteiger partial charge in [0.1, 0.15) is 0 Å². The van der Waals surface area contributed by atoms with E-state index in [1.165, 1.54) is 0 Å². The fourth-order valence-electron chi connectivity index (χ4n) is 3.14. The summed E-state index contributed by atoms with van der Waals surface area (Å²) in [6, 6.07) is 5.66. The second kappa shape index (κ2) is 5.93. The van der Waals surface area contributed by atoms with Gasteiger partial charge in [-0.3, -0.25) is 4.79 Å². The largest absolute Gasteiger partial charge is 0.454 e. The van der Waals surface area contributed by atoms with Crippen molar-refractivity contribution in [1.82, 2.24) is 4.90 Å². The van der Waals surface area contributed by atoms with E-state index in [0.717, 1.165) is 49.3 Å². The number of hydrogen-bond acceptors (Lipinski definition) is 4. The molecule has 2 unspecified atom stereocenters. The van der Waals surface area contributed by atoms with E-state index in [0.29, 0.717) is 0 Å². The third kappa shape index (κ3) is 2.70. The molecule has 0 saturated carbocycles. The highest BCUT2D eigenvalue weighted by Gasteiger charge is 2.33. The van der Waals surface area contributed by atoms with Gasteiger partial charge in [-0.1, -0.05) is 19.4 Å². The zero-order chi connectivity index (χ0) is 14.8. The summed E-state index contributed by atoms with van der Waals surface area (Å²) >= 11 is 0. The van der Waals surface area contributed by atoms with E-state index in [1.54, 1.807) is 0 Å². The maximum atomic E-state index is 12.5. The van der Waals surface area contributed by atoms with Crippen molar-refractivity contribution in [1.29, 1.82) is 0 Å². The number of nitrogens with two attached hydrogens (primary N) is 1. The van der Waals surface area contributed by atoms with Crippen LogP contribution in [0.3, 0.4) is 0 Å². The topological polar surface area (TPSA) is 64.8 Å². The summed E-state index contributed by atoms with van der Waals surface area (Å²) in [7, 11) is 0. The molecule has 3 rings (SSSR count). The van der Waals surface area contributed by atoms with Gasteiger partial charge in [0.05, 0.1) is 12.1 Å². The van der Waals surface area contributed by atoms with Crippen LogP contribution in [0.5, 0.6) is 11.5 Å². The average molecular weight is 290 g/mol. The Balaban J connectivity index is 1.79. The molecule has 21 heavy (non-hydrogen) atoms. The van der Waals surface area contributed by atoms with Crippen molar-refractivity contribution >= 4 is 5.91 Å². The number of carbonyl (C=O) groups excluding carboxylic acids is 1. The zero-order valence-corrected chi connectivity index (χ0v) is 12.4. The summed E-state index contributed by atoms with van der Waals surface area (Å²) in [5, 5.41) is 0. The first-order valence-electron chi connectivity index (χ1n) is 7.66. The molecular weight excluding hydrogens is 268 g/mol. The minimum Gasteiger partial charge on any atom is -0.454 e. The number of amides is 1. The van der Waals surface area contributed by atoms with Crippen LogP contribution in [0.15, 0.2) is 18.2 Å². The Kier molecular flexibility index (Phi) is 4.01. The van der Waals surface area contributed by atoms with Crippen LogP contribution < -0.4 is 15.2 Å². The molecule has 1 saturated heterocycles. The molecule has 114 valence electrons. The normalized spacial score (nSPS) is 21.6. The molecule has 2 N–H and O–H groups in total. The minimum absolute atomic E-state index is 0.0667. The van der Waals surface area contributed by atoms with Gasteiger partial charge in [0, 0.05) is 6.54 Å². The molecule has 1 fully saturated rings. The molecule has 0 radical (unpaired) electrons. The van der Waals surface area contributed by atoms with Gasteiger partial charge in [-0.2, -0.15) is 0 Å². The van der Waals surface area contributed by atoms with Crippen LogP contribution >= 0.6 is 0 Å². The summed E-state index contributed by atoms with van der Waals surface area (Å²) in [5.74, 6) is 1.61. The maximum Gasteiger partial charge on any atom is 0.239 e. The van der Waals surface area contributed by atoms with E-state index in [4.69, 9.17) is 15.2 Å². The van der Waals surface area contributed by atoms with Crippen molar-refractivity contribution in [3.8, 4) is 11.5 Å². The molecule has 5 nitrogen and oxygen atoms in total. The number of benzene rings is 1. The van der Waals surface area contributed by atoms with Gasteiger partial charge < -0.3 is 20.1 Å². The van der Waals surface area contributed by atoms with E-state index in [-0.39, 0.29) is 24.8 Å². The number of nitrogens with zero attached hydrogens (tertiary/aromatic N) is 1. The lowest BCUT2D eigenvalue weighted by Gasteiger charge is -2.27. The van der Waals surface area contributed by atoms with E-state index < -0.39 is 0 Å². The number of likely N-dealkylation sites (tertiary alicyclic amines) is 1.